The molecule has 1 aromatic heterocycles. The van der Waals surface area contributed by atoms with Crippen LogP contribution in [0.15, 0.2) is 72.6 Å². The van der Waals surface area contributed by atoms with Crippen molar-refractivity contribution >= 4 is 33.1 Å². The average Bonchev–Trinajstić information content (AvgIpc) is 2.98. The zero-order valence-corrected chi connectivity index (χ0v) is 26.6. The van der Waals surface area contributed by atoms with Gasteiger partial charge in [-0.25, -0.2) is 0 Å². The van der Waals surface area contributed by atoms with E-state index in [0.29, 0.717) is 5.56 Å². The molecule has 0 saturated carbocycles. The van der Waals surface area contributed by atoms with Crippen LogP contribution in [-0.4, -0.2) is 21.7 Å². The van der Waals surface area contributed by atoms with Crippen molar-refractivity contribution in [3.05, 3.63) is 89.8 Å². The largest absolute Gasteiger partial charge is 0.512 e. The predicted molar refractivity (Wildman–Crippen MR) is 160 cm³/mol. The molecule has 0 spiro atoms. The molecular formula is C35H38IrNO3-. The number of rotatable bonds is 7. The summed E-state index contributed by atoms with van der Waals surface area (Å²) >= 11 is 0. The van der Waals surface area contributed by atoms with E-state index in [9.17, 15) is 14.7 Å². The molecule has 0 unspecified atom stereocenters. The van der Waals surface area contributed by atoms with Gasteiger partial charge in [0, 0.05) is 54.5 Å². The van der Waals surface area contributed by atoms with E-state index in [1.807, 2.05) is 96.1 Å². The summed E-state index contributed by atoms with van der Waals surface area (Å²) in [7, 11) is 0. The molecule has 5 rings (SSSR count). The Bertz CT molecular complexity index is 1570. The van der Waals surface area contributed by atoms with Gasteiger partial charge in [0.15, 0.2) is 11.6 Å². The molecule has 1 heterocycles. The number of aromatic nitrogens is 1. The average molecular weight is 713 g/mol. The smallest absolute Gasteiger partial charge is 0.164 e. The number of hydrogen-bond acceptors (Lipinski definition) is 4. The summed E-state index contributed by atoms with van der Waals surface area (Å²) in [6, 6.07) is 21.1. The number of aliphatic hydroxyl groups excluding tert-OH is 1. The summed E-state index contributed by atoms with van der Waals surface area (Å²) < 4.78 is 0. The number of nitrogens with zero attached hydrogens (tertiary/aromatic N) is 1. The van der Waals surface area contributed by atoms with E-state index in [4.69, 9.17) is 0 Å². The van der Waals surface area contributed by atoms with E-state index < -0.39 is 0 Å². The molecule has 0 amide bonds. The van der Waals surface area contributed by atoms with Crippen molar-refractivity contribution in [2.24, 2.45) is 10.8 Å². The number of hydrogen-bond donors (Lipinski definition) is 1. The van der Waals surface area contributed by atoms with Crippen LogP contribution in [-0.2, 0) is 24.9 Å². The number of pyridine rings is 1. The normalized spacial score (nSPS) is 12.8. The second kappa shape index (κ2) is 12.6. The molecule has 0 atom stereocenters. The Labute approximate surface area is 251 Å². The number of carbonyl (C=O) groups is 2. The summed E-state index contributed by atoms with van der Waals surface area (Å²) in [6.45, 7) is 12.1. The van der Waals surface area contributed by atoms with E-state index in [1.165, 1.54) is 6.08 Å². The Kier molecular flexibility index (Phi) is 9.87. The summed E-state index contributed by atoms with van der Waals surface area (Å²) in [4.78, 5) is 29.6. The molecule has 1 N–H and O–H groups in total. The maximum absolute atomic E-state index is 12.9. The van der Waals surface area contributed by atoms with Gasteiger partial charge in [0.05, 0.1) is 0 Å². The topological polar surface area (TPSA) is 67.3 Å². The van der Waals surface area contributed by atoms with Crippen LogP contribution in [0.25, 0.3) is 32.8 Å². The first-order valence-electron chi connectivity index (χ1n) is 14.0. The van der Waals surface area contributed by atoms with Crippen LogP contribution in [0.4, 0.5) is 0 Å². The van der Waals surface area contributed by atoms with Gasteiger partial charge in [-0.2, -0.15) is 0 Å². The summed E-state index contributed by atoms with van der Waals surface area (Å²) in [5.41, 5.74) is 2.49. The van der Waals surface area contributed by atoms with Crippen molar-refractivity contribution in [3.63, 3.8) is 0 Å². The molecular weight excluding hydrogens is 675 g/mol. The molecule has 5 heteroatoms. The Morgan fingerprint density at radius 3 is 2.15 bits per heavy atom. The second-order valence-electron chi connectivity index (χ2n) is 11.0. The zero-order chi connectivity index (χ0) is 28.4. The van der Waals surface area contributed by atoms with E-state index in [1.54, 1.807) is 6.20 Å². The van der Waals surface area contributed by atoms with Crippen molar-refractivity contribution in [2.75, 3.05) is 0 Å². The van der Waals surface area contributed by atoms with Crippen molar-refractivity contribution in [2.45, 2.75) is 67.2 Å². The molecule has 211 valence electrons. The van der Waals surface area contributed by atoms with Gasteiger partial charge in [-0.1, -0.05) is 88.9 Å². The van der Waals surface area contributed by atoms with E-state index in [2.05, 4.69) is 11.1 Å². The standard InChI is InChI=1S/C20H10NO.C15H28O2.Ir/c22-20-15-7-3-6-12-8-9-21-19(18(12)15)16-10-13-4-1-2-5-14(13)11-17(16)20;1-7-14(5,8-2)12(16)11-13(17)15(6,9-3)10-4;/h1-9,11H;11,16H,7-10H2,1-6H3;/q-1;;/b;12-11-;. The van der Waals surface area contributed by atoms with Crippen LogP contribution in [0.2, 0.25) is 0 Å². The van der Waals surface area contributed by atoms with Gasteiger partial charge < -0.3 is 5.11 Å². The molecule has 1 aliphatic rings. The van der Waals surface area contributed by atoms with E-state index in [0.717, 1.165) is 64.0 Å². The molecule has 0 bridgehead atoms. The van der Waals surface area contributed by atoms with E-state index in [-0.39, 0.29) is 48.3 Å². The third-order valence-electron chi connectivity index (χ3n) is 8.91. The molecule has 40 heavy (non-hydrogen) atoms. The molecule has 1 radical (unpaired) electrons. The monoisotopic (exact) mass is 713 g/mol. The fraction of sp³-hybridized carbons (Fsp3) is 0.343. The number of carbonyl (C=O) groups excluding carboxylic acids is 2. The van der Waals surface area contributed by atoms with Crippen LogP contribution in [0.1, 0.15) is 83.1 Å². The van der Waals surface area contributed by atoms with Crippen LogP contribution in [0, 0.1) is 16.9 Å². The minimum absolute atomic E-state index is 0. The van der Waals surface area contributed by atoms with Gasteiger partial charge in [0.2, 0.25) is 0 Å². The third kappa shape index (κ3) is 5.68. The minimum Gasteiger partial charge on any atom is -0.512 e. The fourth-order valence-corrected chi connectivity index (χ4v) is 4.97. The maximum atomic E-state index is 12.9. The first kappa shape index (κ1) is 31.4. The van der Waals surface area contributed by atoms with Gasteiger partial charge in [0.25, 0.3) is 0 Å². The van der Waals surface area contributed by atoms with Crippen LogP contribution >= 0.6 is 0 Å². The molecule has 3 aromatic carbocycles. The van der Waals surface area contributed by atoms with Gasteiger partial charge in [-0.3, -0.25) is 14.6 Å². The van der Waals surface area contributed by atoms with Crippen LogP contribution < -0.4 is 0 Å². The Hall–Kier alpha value is -3.14. The van der Waals surface area contributed by atoms with Gasteiger partial charge in [0.1, 0.15) is 5.76 Å². The van der Waals surface area contributed by atoms with Crippen molar-refractivity contribution in [3.8, 4) is 11.3 Å². The molecule has 4 nitrogen and oxygen atoms in total. The number of ketones is 2. The van der Waals surface area contributed by atoms with Crippen LogP contribution in [0.3, 0.4) is 0 Å². The van der Waals surface area contributed by atoms with Crippen molar-refractivity contribution in [1.82, 2.24) is 4.98 Å². The number of fused-ring (bicyclic) bond motifs is 3. The van der Waals surface area contributed by atoms with Gasteiger partial charge >= 0.3 is 0 Å². The van der Waals surface area contributed by atoms with Gasteiger partial charge in [-0.05, 0) is 48.1 Å². The van der Waals surface area contributed by atoms with Crippen molar-refractivity contribution in [1.29, 1.82) is 0 Å². The SMILES string of the molecule is CCC(C)(CC)C(=O)/C=C(\O)C(C)(CC)CC.O=C1c2cc3ccccc3[c-]c2-c2nccc3cccc1c23.[Ir]. The Balaban J connectivity index is 0.000000225. The summed E-state index contributed by atoms with van der Waals surface area (Å²) in [5, 5.41) is 14.2. The van der Waals surface area contributed by atoms with Crippen molar-refractivity contribution < 1.29 is 34.8 Å². The maximum Gasteiger partial charge on any atom is 0.164 e. The Morgan fingerprint density at radius 2 is 1.50 bits per heavy atom. The molecule has 0 fully saturated rings. The molecule has 1 aliphatic carbocycles. The minimum atomic E-state index is -0.337. The molecule has 0 saturated heterocycles. The molecule has 4 aromatic rings. The van der Waals surface area contributed by atoms with Crippen LogP contribution in [0.5, 0.6) is 0 Å². The van der Waals surface area contributed by atoms with Gasteiger partial charge in [-0.15, -0.1) is 23.6 Å². The number of aliphatic hydroxyl groups is 1. The molecule has 0 aliphatic heterocycles. The number of allylic oxidation sites excluding steroid dienone is 2. The first-order valence-corrected chi connectivity index (χ1v) is 14.0. The Morgan fingerprint density at radius 1 is 0.875 bits per heavy atom. The van der Waals surface area contributed by atoms with E-state index >= 15 is 0 Å². The zero-order valence-electron chi connectivity index (χ0n) is 24.2. The summed E-state index contributed by atoms with van der Waals surface area (Å²) in [5.74, 6) is 0.344. The predicted octanol–water partition coefficient (Wildman–Crippen LogP) is 9.05. The fourth-order valence-electron chi connectivity index (χ4n) is 4.97. The second-order valence-corrected chi connectivity index (χ2v) is 11.0. The third-order valence-corrected chi connectivity index (χ3v) is 8.91. The number of benzene rings is 3. The first-order chi connectivity index (χ1) is 18.6. The quantitative estimate of drug-likeness (QED) is 0.104. The summed E-state index contributed by atoms with van der Waals surface area (Å²) in [6.07, 6.45) is 6.55.